The summed E-state index contributed by atoms with van der Waals surface area (Å²) in [5.74, 6) is 0.549. The zero-order valence-electron chi connectivity index (χ0n) is 18.7. The van der Waals surface area contributed by atoms with E-state index in [1.807, 2.05) is 0 Å². The number of nitrogens with one attached hydrogen (secondary N) is 1. The summed E-state index contributed by atoms with van der Waals surface area (Å²) < 4.78 is 40.3. The lowest BCUT2D eigenvalue weighted by atomic mass is 10.1. The molecule has 1 aromatic carbocycles. The van der Waals surface area contributed by atoms with E-state index in [0.29, 0.717) is 28.9 Å². The molecule has 0 saturated heterocycles. The maximum absolute atomic E-state index is 13.4. The first kappa shape index (κ1) is 22.8. The number of rotatable bonds is 5. The van der Waals surface area contributed by atoms with Crippen LogP contribution in [0, 0.1) is 0 Å². The third-order valence-electron chi connectivity index (χ3n) is 6.22. The molecule has 9 heteroatoms. The number of benzene rings is 1. The zero-order valence-corrected chi connectivity index (χ0v) is 19.5. The van der Waals surface area contributed by atoms with E-state index in [1.165, 1.54) is 36.3 Å². The van der Waals surface area contributed by atoms with Crippen LogP contribution >= 0.6 is 11.3 Å². The van der Waals surface area contributed by atoms with Gasteiger partial charge in [-0.05, 0) is 43.9 Å². The molecular formula is C25H26F3N5S. The van der Waals surface area contributed by atoms with Crippen LogP contribution in [0.3, 0.4) is 0 Å². The Morgan fingerprint density at radius 2 is 1.76 bits per heavy atom. The summed E-state index contributed by atoms with van der Waals surface area (Å²) in [5.41, 5.74) is 0.938. The van der Waals surface area contributed by atoms with Gasteiger partial charge in [0.15, 0.2) is 5.13 Å². The lowest BCUT2D eigenvalue weighted by molar-refractivity contribution is -0.137. The van der Waals surface area contributed by atoms with E-state index in [9.17, 15) is 13.2 Å². The second kappa shape index (κ2) is 9.74. The second-order valence-corrected chi connectivity index (χ2v) is 9.66. The Kier molecular flexibility index (Phi) is 6.54. The number of anilines is 2. The standard InChI is InChI=1S/C25H26F3N5S/c26-25(27,28)18-9-7-8-17(16-18)21-22(34-24(32-21)33-14-5-1-2-6-15-33)20-12-13-29-23(31-20)30-19-10-3-4-11-19/h1-2,7-9,12-13,16,19H,3-6,10-11,14-15H2,(H,29,30,31). The highest BCUT2D eigenvalue weighted by molar-refractivity contribution is 7.19. The smallest absolute Gasteiger partial charge is 0.351 e. The number of alkyl halides is 3. The average Bonchev–Trinajstić information content (AvgIpc) is 3.42. The molecule has 5 rings (SSSR count). The normalized spacial score (nSPS) is 17.2. The molecule has 0 bridgehead atoms. The summed E-state index contributed by atoms with van der Waals surface area (Å²) in [6.07, 6.45) is 8.01. The highest BCUT2D eigenvalue weighted by atomic mass is 32.1. The molecule has 0 unspecified atom stereocenters. The van der Waals surface area contributed by atoms with Crippen LogP contribution in [0.4, 0.5) is 24.3 Å². The quantitative estimate of drug-likeness (QED) is 0.403. The molecule has 2 aromatic heterocycles. The molecule has 34 heavy (non-hydrogen) atoms. The van der Waals surface area contributed by atoms with Crippen molar-refractivity contribution in [3.8, 4) is 21.8 Å². The van der Waals surface area contributed by atoms with Crippen LogP contribution in [0.15, 0.2) is 48.7 Å². The van der Waals surface area contributed by atoms with Gasteiger partial charge in [0.1, 0.15) is 0 Å². The molecule has 3 heterocycles. The fraction of sp³-hybridized carbons (Fsp3) is 0.400. The van der Waals surface area contributed by atoms with Crippen molar-refractivity contribution in [1.82, 2.24) is 15.0 Å². The molecule has 1 fully saturated rings. The number of thiazole rings is 1. The Labute approximate surface area is 200 Å². The number of nitrogens with zero attached hydrogens (tertiary/aromatic N) is 4. The number of hydrogen-bond donors (Lipinski definition) is 1. The van der Waals surface area contributed by atoms with E-state index < -0.39 is 11.7 Å². The maximum atomic E-state index is 13.4. The predicted molar refractivity (Wildman–Crippen MR) is 130 cm³/mol. The van der Waals surface area contributed by atoms with Crippen molar-refractivity contribution in [3.05, 3.63) is 54.2 Å². The second-order valence-electron chi connectivity index (χ2n) is 8.68. The zero-order chi connectivity index (χ0) is 23.5. The molecule has 1 saturated carbocycles. The van der Waals surface area contributed by atoms with Crippen LogP contribution < -0.4 is 10.2 Å². The maximum Gasteiger partial charge on any atom is 0.416 e. The first-order chi connectivity index (χ1) is 16.5. The molecule has 0 amide bonds. The highest BCUT2D eigenvalue weighted by Gasteiger charge is 2.31. The summed E-state index contributed by atoms with van der Waals surface area (Å²) in [5, 5.41) is 4.21. The average molecular weight is 486 g/mol. The molecule has 0 spiro atoms. The van der Waals surface area contributed by atoms with Gasteiger partial charge in [0.05, 0.1) is 21.8 Å². The van der Waals surface area contributed by atoms with Crippen molar-refractivity contribution in [2.45, 2.75) is 50.7 Å². The monoisotopic (exact) mass is 485 g/mol. The van der Waals surface area contributed by atoms with Crippen LogP contribution in [0.25, 0.3) is 21.8 Å². The van der Waals surface area contributed by atoms with E-state index in [-0.39, 0.29) is 0 Å². The van der Waals surface area contributed by atoms with Crippen molar-refractivity contribution in [2.75, 3.05) is 23.3 Å². The number of aromatic nitrogens is 3. The van der Waals surface area contributed by atoms with Gasteiger partial charge in [-0.15, -0.1) is 0 Å². The van der Waals surface area contributed by atoms with Gasteiger partial charge >= 0.3 is 6.18 Å². The van der Waals surface area contributed by atoms with Crippen molar-refractivity contribution in [1.29, 1.82) is 0 Å². The van der Waals surface area contributed by atoms with Crippen molar-refractivity contribution < 1.29 is 13.2 Å². The Morgan fingerprint density at radius 1 is 1.00 bits per heavy atom. The van der Waals surface area contributed by atoms with E-state index in [2.05, 4.69) is 27.4 Å². The number of halogens is 3. The van der Waals surface area contributed by atoms with Gasteiger partial charge in [0, 0.05) is 30.9 Å². The van der Waals surface area contributed by atoms with Gasteiger partial charge in [-0.1, -0.05) is 48.5 Å². The molecule has 3 aromatic rings. The van der Waals surface area contributed by atoms with E-state index in [1.54, 1.807) is 18.3 Å². The minimum atomic E-state index is -4.42. The van der Waals surface area contributed by atoms with E-state index in [4.69, 9.17) is 9.97 Å². The lowest BCUT2D eigenvalue weighted by Crippen LogP contribution is -2.23. The van der Waals surface area contributed by atoms with Crippen LogP contribution in [-0.4, -0.2) is 34.1 Å². The lowest BCUT2D eigenvalue weighted by Gasteiger charge is -2.18. The summed E-state index contributed by atoms with van der Waals surface area (Å²) in [6, 6.07) is 7.54. The molecule has 1 aliphatic carbocycles. The molecule has 2 aliphatic rings. The van der Waals surface area contributed by atoms with Crippen molar-refractivity contribution in [3.63, 3.8) is 0 Å². The summed E-state index contributed by atoms with van der Waals surface area (Å²) in [4.78, 5) is 16.9. The van der Waals surface area contributed by atoms with Gasteiger partial charge < -0.3 is 10.2 Å². The molecule has 0 atom stereocenters. The van der Waals surface area contributed by atoms with Crippen LogP contribution in [0.2, 0.25) is 0 Å². The van der Waals surface area contributed by atoms with Crippen molar-refractivity contribution in [2.24, 2.45) is 0 Å². The summed E-state index contributed by atoms with van der Waals surface area (Å²) in [6.45, 7) is 1.65. The summed E-state index contributed by atoms with van der Waals surface area (Å²) in [7, 11) is 0. The van der Waals surface area contributed by atoms with Gasteiger partial charge in [-0.2, -0.15) is 13.2 Å². The summed E-state index contributed by atoms with van der Waals surface area (Å²) >= 11 is 1.48. The fourth-order valence-corrected chi connectivity index (χ4v) is 5.57. The highest BCUT2D eigenvalue weighted by Crippen LogP contribution is 2.41. The van der Waals surface area contributed by atoms with Gasteiger partial charge in [-0.25, -0.2) is 15.0 Å². The van der Waals surface area contributed by atoms with Gasteiger partial charge in [0.25, 0.3) is 0 Å². The first-order valence-electron chi connectivity index (χ1n) is 11.7. The van der Waals surface area contributed by atoms with Gasteiger partial charge in [-0.3, -0.25) is 0 Å². The fourth-order valence-electron chi connectivity index (χ4n) is 4.46. The van der Waals surface area contributed by atoms with E-state index in [0.717, 1.165) is 54.8 Å². The first-order valence-corrected chi connectivity index (χ1v) is 12.5. The topological polar surface area (TPSA) is 53.9 Å². The van der Waals surface area contributed by atoms with Crippen LogP contribution in [-0.2, 0) is 6.18 Å². The molecule has 1 aliphatic heterocycles. The Morgan fingerprint density at radius 3 is 2.50 bits per heavy atom. The third-order valence-corrected chi connectivity index (χ3v) is 7.36. The number of hydrogen-bond acceptors (Lipinski definition) is 6. The van der Waals surface area contributed by atoms with Crippen molar-refractivity contribution >= 4 is 22.4 Å². The molecule has 178 valence electrons. The van der Waals surface area contributed by atoms with Gasteiger partial charge in [0.2, 0.25) is 5.95 Å². The van der Waals surface area contributed by atoms with E-state index >= 15 is 0 Å². The SMILES string of the molecule is FC(F)(F)c1cccc(-c2nc(N3CCC=CCC3)sc2-c2ccnc(NC3CCCC3)n2)c1. The third kappa shape index (κ3) is 5.09. The molecule has 5 nitrogen and oxygen atoms in total. The molecule has 1 N–H and O–H groups in total. The Balaban J connectivity index is 1.55. The molecular weight excluding hydrogens is 459 g/mol. The minimum absolute atomic E-state index is 0.361. The Bertz CT molecular complexity index is 1160. The van der Waals surface area contributed by atoms with Crippen LogP contribution in [0.1, 0.15) is 44.1 Å². The molecule has 0 radical (unpaired) electrons. The minimum Gasteiger partial charge on any atom is -0.351 e. The Hall–Kier alpha value is -2.94. The van der Waals surface area contributed by atoms with Crippen LogP contribution in [0.5, 0.6) is 0 Å². The predicted octanol–water partition coefficient (Wildman–Crippen LogP) is 6.80. The largest absolute Gasteiger partial charge is 0.416 e.